The molecule has 1 saturated heterocycles. The van der Waals surface area contributed by atoms with Crippen LogP contribution in [0.1, 0.15) is 30.0 Å². The fraction of sp³-hybridized carbons (Fsp3) is 0.318. The quantitative estimate of drug-likeness (QED) is 0.795. The Morgan fingerprint density at radius 2 is 1.88 bits per heavy atom. The molecule has 1 aliphatic rings. The van der Waals surface area contributed by atoms with E-state index < -0.39 is 0 Å². The molecule has 1 N–H and O–H groups in total. The fourth-order valence-electron chi connectivity index (χ4n) is 3.63. The highest BCUT2D eigenvalue weighted by Crippen LogP contribution is 2.34. The summed E-state index contributed by atoms with van der Waals surface area (Å²) in [6.45, 7) is 5.54. The van der Waals surface area contributed by atoms with Crippen molar-refractivity contribution in [3.05, 3.63) is 84.2 Å². The Morgan fingerprint density at radius 1 is 1.15 bits per heavy atom. The number of amides is 1. The van der Waals surface area contributed by atoms with E-state index in [4.69, 9.17) is 0 Å². The number of piperidine rings is 1. The van der Waals surface area contributed by atoms with Gasteiger partial charge >= 0.3 is 0 Å². The molecule has 3 nitrogen and oxygen atoms in total. The van der Waals surface area contributed by atoms with Crippen molar-refractivity contribution in [3.8, 4) is 0 Å². The predicted molar refractivity (Wildman–Crippen MR) is 102 cm³/mol. The molecule has 0 radical (unpaired) electrons. The van der Waals surface area contributed by atoms with E-state index in [0.29, 0.717) is 19.6 Å². The van der Waals surface area contributed by atoms with Gasteiger partial charge in [0.25, 0.3) is 0 Å². The Morgan fingerprint density at radius 3 is 2.58 bits per heavy atom. The first kappa shape index (κ1) is 18.3. The van der Waals surface area contributed by atoms with E-state index in [2.05, 4.69) is 28.9 Å². The minimum absolute atomic E-state index is 0.0321. The highest BCUT2D eigenvalue weighted by atomic mass is 19.1. The van der Waals surface area contributed by atoms with Gasteiger partial charge in [-0.3, -0.25) is 9.69 Å². The molecule has 1 fully saturated rings. The summed E-state index contributed by atoms with van der Waals surface area (Å²) in [7, 11) is 0. The van der Waals surface area contributed by atoms with E-state index in [1.165, 1.54) is 17.7 Å². The number of likely N-dealkylation sites (tertiary alicyclic amines) is 1. The normalized spacial score (nSPS) is 20.5. The summed E-state index contributed by atoms with van der Waals surface area (Å²) < 4.78 is 13.2. The maximum atomic E-state index is 13.2. The lowest BCUT2D eigenvalue weighted by molar-refractivity contribution is -0.127. The summed E-state index contributed by atoms with van der Waals surface area (Å²) in [5.74, 6) is -0.176. The van der Waals surface area contributed by atoms with Gasteiger partial charge in [-0.1, -0.05) is 48.5 Å². The standard InChI is InChI=1S/C22H25FN2O/c1-2-14-24-22(26)19-10-13-21(18-6-4-3-5-7-18)25(16-19)15-17-8-11-20(23)12-9-17/h2-9,11-12,19,21H,1,10,13-16H2,(H,24,26). The van der Waals surface area contributed by atoms with Gasteiger partial charge in [-0.15, -0.1) is 6.58 Å². The van der Waals surface area contributed by atoms with Crippen LogP contribution in [0.5, 0.6) is 0 Å². The lowest BCUT2D eigenvalue weighted by Gasteiger charge is -2.39. The van der Waals surface area contributed by atoms with Gasteiger partial charge in [0, 0.05) is 25.7 Å². The van der Waals surface area contributed by atoms with E-state index >= 15 is 0 Å². The van der Waals surface area contributed by atoms with Crippen molar-refractivity contribution in [1.29, 1.82) is 0 Å². The van der Waals surface area contributed by atoms with E-state index in [-0.39, 0.29) is 23.7 Å². The maximum absolute atomic E-state index is 13.2. The largest absolute Gasteiger partial charge is 0.352 e. The summed E-state index contributed by atoms with van der Waals surface area (Å²) >= 11 is 0. The average molecular weight is 352 g/mol. The zero-order valence-electron chi connectivity index (χ0n) is 14.9. The number of nitrogens with zero attached hydrogens (tertiary/aromatic N) is 1. The molecule has 0 aromatic heterocycles. The number of halogens is 1. The predicted octanol–water partition coefficient (Wildman–Crippen LogP) is 4.08. The molecule has 1 aliphatic heterocycles. The molecule has 1 heterocycles. The van der Waals surface area contributed by atoms with Crippen LogP contribution < -0.4 is 5.32 Å². The van der Waals surface area contributed by atoms with Crippen molar-refractivity contribution in [3.63, 3.8) is 0 Å². The van der Waals surface area contributed by atoms with Crippen LogP contribution in [0.15, 0.2) is 67.3 Å². The SMILES string of the molecule is C=CCNC(=O)C1CCC(c2ccccc2)N(Cc2ccc(F)cc2)C1. The van der Waals surface area contributed by atoms with Crippen LogP contribution in [0.3, 0.4) is 0 Å². The van der Waals surface area contributed by atoms with E-state index in [9.17, 15) is 9.18 Å². The van der Waals surface area contributed by atoms with Crippen molar-refractivity contribution >= 4 is 5.91 Å². The van der Waals surface area contributed by atoms with E-state index in [0.717, 1.165) is 18.4 Å². The molecule has 0 spiro atoms. The molecule has 2 unspecified atom stereocenters. The second-order valence-corrected chi connectivity index (χ2v) is 6.79. The first-order valence-corrected chi connectivity index (χ1v) is 9.09. The number of nitrogens with one attached hydrogen (secondary N) is 1. The third kappa shape index (κ3) is 4.58. The van der Waals surface area contributed by atoms with Gasteiger partial charge < -0.3 is 5.32 Å². The number of carbonyl (C=O) groups excluding carboxylic acids is 1. The molecule has 4 heteroatoms. The molecule has 3 rings (SSSR count). The second kappa shape index (κ2) is 8.77. The lowest BCUT2D eigenvalue weighted by atomic mass is 9.88. The molecule has 2 aromatic carbocycles. The van der Waals surface area contributed by atoms with Crippen molar-refractivity contribution in [2.75, 3.05) is 13.1 Å². The van der Waals surface area contributed by atoms with E-state index in [1.807, 2.05) is 30.3 Å². The van der Waals surface area contributed by atoms with Crippen LogP contribution in [0.25, 0.3) is 0 Å². The molecular weight excluding hydrogens is 327 g/mol. The minimum Gasteiger partial charge on any atom is -0.352 e. The van der Waals surface area contributed by atoms with Crippen LogP contribution >= 0.6 is 0 Å². The van der Waals surface area contributed by atoms with Gasteiger partial charge in [0.15, 0.2) is 0 Å². The van der Waals surface area contributed by atoms with Crippen LogP contribution in [-0.2, 0) is 11.3 Å². The van der Waals surface area contributed by atoms with Crippen molar-refractivity contribution < 1.29 is 9.18 Å². The van der Waals surface area contributed by atoms with Crippen molar-refractivity contribution in [1.82, 2.24) is 10.2 Å². The lowest BCUT2D eigenvalue weighted by Crippen LogP contribution is -2.44. The smallest absolute Gasteiger partial charge is 0.224 e. The Balaban J connectivity index is 1.77. The number of benzene rings is 2. The van der Waals surface area contributed by atoms with Crippen LogP contribution in [0, 0.1) is 11.7 Å². The Hall–Kier alpha value is -2.46. The molecule has 0 bridgehead atoms. The Kier molecular flexibility index (Phi) is 6.18. The van der Waals surface area contributed by atoms with Gasteiger partial charge in [0.1, 0.15) is 5.82 Å². The molecule has 0 aliphatic carbocycles. The van der Waals surface area contributed by atoms with E-state index in [1.54, 1.807) is 6.08 Å². The monoisotopic (exact) mass is 352 g/mol. The van der Waals surface area contributed by atoms with Gasteiger partial charge in [-0.25, -0.2) is 4.39 Å². The van der Waals surface area contributed by atoms with Crippen LogP contribution in [0.2, 0.25) is 0 Å². The molecule has 136 valence electrons. The van der Waals surface area contributed by atoms with Crippen LogP contribution in [0.4, 0.5) is 4.39 Å². The third-order valence-electron chi connectivity index (χ3n) is 4.96. The summed E-state index contributed by atoms with van der Waals surface area (Å²) in [6.07, 6.45) is 3.49. The van der Waals surface area contributed by atoms with Crippen LogP contribution in [-0.4, -0.2) is 23.9 Å². The maximum Gasteiger partial charge on any atom is 0.224 e. The number of carbonyl (C=O) groups is 1. The highest BCUT2D eigenvalue weighted by molar-refractivity contribution is 5.79. The zero-order valence-corrected chi connectivity index (χ0v) is 14.9. The van der Waals surface area contributed by atoms with Crippen molar-refractivity contribution in [2.24, 2.45) is 5.92 Å². The molecule has 2 atom stereocenters. The van der Waals surface area contributed by atoms with Gasteiger partial charge in [0.05, 0.1) is 5.92 Å². The molecule has 2 aromatic rings. The summed E-state index contributed by atoms with van der Waals surface area (Å²) in [4.78, 5) is 14.7. The molecule has 0 saturated carbocycles. The summed E-state index contributed by atoms with van der Waals surface area (Å²) in [6, 6.07) is 17.3. The Labute approximate surface area is 154 Å². The topological polar surface area (TPSA) is 32.3 Å². The number of rotatable bonds is 6. The average Bonchev–Trinajstić information content (AvgIpc) is 2.68. The Bertz CT molecular complexity index is 730. The van der Waals surface area contributed by atoms with Gasteiger partial charge in [-0.05, 0) is 36.1 Å². The molecular formula is C22H25FN2O. The first-order chi connectivity index (χ1) is 12.7. The minimum atomic E-state index is -0.228. The molecule has 26 heavy (non-hydrogen) atoms. The van der Waals surface area contributed by atoms with Gasteiger partial charge in [0.2, 0.25) is 5.91 Å². The first-order valence-electron chi connectivity index (χ1n) is 9.09. The second-order valence-electron chi connectivity index (χ2n) is 6.79. The number of hydrogen-bond donors (Lipinski definition) is 1. The van der Waals surface area contributed by atoms with Gasteiger partial charge in [-0.2, -0.15) is 0 Å². The number of hydrogen-bond acceptors (Lipinski definition) is 2. The fourth-order valence-corrected chi connectivity index (χ4v) is 3.63. The zero-order chi connectivity index (χ0) is 18.4. The molecule has 1 amide bonds. The summed E-state index contributed by atoms with van der Waals surface area (Å²) in [5, 5.41) is 2.92. The highest BCUT2D eigenvalue weighted by Gasteiger charge is 2.32. The van der Waals surface area contributed by atoms with Crippen molar-refractivity contribution in [2.45, 2.75) is 25.4 Å². The third-order valence-corrected chi connectivity index (χ3v) is 4.96. The summed E-state index contributed by atoms with van der Waals surface area (Å²) in [5.41, 5.74) is 2.32.